The summed E-state index contributed by atoms with van der Waals surface area (Å²) < 4.78 is 0. The second-order valence-corrected chi connectivity index (χ2v) is 5.51. The third-order valence-electron chi connectivity index (χ3n) is 3.88. The van der Waals surface area contributed by atoms with Crippen molar-refractivity contribution in [1.82, 2.24) is 4.90 Å². The fourth-order valence-electron chi connectivity index (χ4n) is 2.69. The molecule has 2 rings (SSSR count). The Hall–Kier alpha value is -1.55. The van der Waals surface area contributed by atoms with Crippen molar-refractivity contribution in [1.29, 1.82) is 0 Å². The third kappa shape index (κ3) is 4.23. The van der Waals surface area contributed by atoms with E-state index < -0.39 is 0 Å². The van der Waals surface area contributed by atoms with Crippen molar-refractivity contribution in [3.8, 4) is 0 Å². The van der Waals surface area contributed by atoms with E-state index in [1.165, 1.54) is 25.7 Å². The van der Waals surface area contributed by atoms with Crippen molar-refractivity contribution in [2.45, 2.75) is 39.0 Å². The molecule has 1 amide bonds. The lowest BCUT2D eigenvalue weighted by Gasteiger charge is -2.19. The predicted molar refractivity (Wildman–Crippen MR) is 83.8 cm³/mol. The molecule has 1 heterocycles. The summed E-state index contributed by atoms with van der Waals surface area (Å²) in [7, 11) is 0. The molecule has 0 aliphatic carbocycles. The molecule has 1 aromatic carbocycles. The molecule has 1 fully saturated rings. The molecule has 0 bridgehead atoms. The van der Waals surface area contributed by atoms with Crippen LogP contribution in [0.1, 0.15) is 38.2 Å². The number of benzene rings is 1. The second-order valence-electron chi connectivity index (χ2n) is 5.51. The lowest BCUT2D eigenvalue weighted by atomic mass is 10.1. The first-order chi connectivity index (χ1) is 9.69. The number of nitrogens with one attached hydrogen (secondary N) is 1. The first kappa shape index (κ1) is 14.9. The van der Waals surface area contributed by atoms with Crippen LogP contribution in [0, 0.1) is 0 Å². The van der Waals surface area contributed by atoms with Gasteiger partial charge in [-0.1, -0.05) is 25.8 Å². The number of rotatable bonds is 4. The van der Waals surface area contributed by atoms with Gasteiger partial charge in [0.2, 0.25) is 5.91 Å². The number of amides is 1. The zero-order valence-electron chi connectivity index (χ0n) is 12.3. The Morgan fingerprint density at radius 3 is 2.55 bits per heavy atom. The van der Waals surface area contributed by atoms with E-state index in [4.69, 9.17) is 5.73 Å². The van der Waals surface area contributed by atoms with Gasteiger partial charge in [-0.25, -0.2) is 0 Å². The molecule has 1 aliphatic heterocycles. The summed E-state index contributed by atoms with van der Waals surface area (Å²) in [6.07, 6.45) is 5.88. The zero-order chi connectivity index (χ0) is 14.4. The predicted octanol–water partition coefficient (Wildman–Crippen LogP) is 2.65. The molecule has 20 heavy (non-hydrogen) atoms. The Kier molecular flexibility index (Phi) is 5.41. The van der Waals surface area contributed by atoms with E-state index >= 15 is 0 Å². The van der Waals surface area contributed by atoms with Gasteiger partial charge in [0.1, 0.15) is 0 Å². The number of aryl methyl sites for hydroxylation is 1. The minimum Gasteiger partial charge on any atom is -0.398 e. The van der Waals surface area contributed by atoms with Crippen molar-refractivity contribution in [2.75, 3.05) is 30.7 Å². The van der Waals surface area contributed by atoms with E-state index in [0.717, 1.165) is 36.4 Å². The van der Waals surface area contributed by atoms with Crippen LogP contribution in [-0.2, 0) is 11.2 Å². The Morgan fingerprint density at radius 1 is 1.25 bits per heavy atom. The van der Waals surface area contributed by atoms with Crippen LogP contribution in [0.5, 0.6) is 0 Å². The van der Waals surface area contributed by atoms with E-state index in [0.29, 0.717) is 6.54 Å². The molecule has 1 saturated heterocycles. The Balaban J connectivity index is 1.88. The number of anilines is 2. The van der Waals surface area contributed by atoms with Gasteiger partial charge in [0, 0.05) is 11.4 Å². The van der Waals surface area contributed by atoms with Crippen LogP contribution in [0.3, 0.4) is 0 Å². The highest BCUT2D eigenvalue weighted by molar-refractivity contribution is 5.92. The normalized spacial score (nSPS) is 16.6. The van der Waals surface area contributed by atoms with Gasteiger partial charge in [-0.05, 0) is 50.0 Å². The van der Waals surface area contributed by atoms with E-state index in [-0.39, 0.29) is 5.91 Å². The van der Waals surface area contributed by atoms with Crippen LogP contribution in [-0.4, -0.2) is 30.4 Å². The van der Waals surface area contributed by atoms with Crippen LogP contribution in [0.25, 0.3) is 0 Å². The standard InChI is InChI=1S/C16H25N3O/c1-2-13-7-8-14(11-15(13)17)18-16(20)12-19-9-5-3-4-6-10-19/h7-8,11H,2-6,9-10,12,17H2,1H3,(H,18,20). The molecule has 0 radical (unpaired) electrons. The first-order valence-corrected chi connectivity index (χ1v) is 7.59. The van der Waals surface area contributed by atoms with E-state index in [9.17, 15) is 4.79 Å². The fourth-order valence-corrected chi connectivity index (χ4v) is 2.69. The van der Waals surface area contributed by atoms with Gasteiger partial charge in [-0.3, -0.25) is 9.69 Å². The molecule has 110 valence electrons. The number of nitrogens with two attached hydrogens (primary N) is 1. The lowest BCUT2D eigenvalue weighted by molar-refractivity contribution is -0.117. The first-order valence-electron chi connectivity index (χ1n) is 7.59. The average Bonchev–Trinajstić information content (AvgIpc) is 2.67. The van der Waals surface area contributed by atoms with Crippen LogP contribution >= 0.6 is 0 Å². The van der Waals surface area contributed by atoms with Gasteiger partial charge in [-0.15, -0.1) is 0 Å². The van der Waals surface area contributed by atoms with Crippen molar-refractivity contribution in [3.63, 3.8) is 0 Å². The van der Waals surface area contributed by atoms with Gasteiger partial charge >= 0.3 is 0 Å². The largest absolute Gasteiger partial charge is 0.398 e. The summed E-state index contributed by atoms with van der Waals surface area (Å²) in [6.45, 7) is 4.62. The fraction of sp³-hybridized carbons (Fsp3) is 0.562. The molecule has 0 saturated carbocycles. The molecular weight excluding hydrogens is 250 g/mol. The minimum atomic E-state index is 0.0514. The quantitative estimate of drug-likeness (QED) is 0.831. The molecule has 1 aliphatic rings. The number of carbonyl (C=O) groups is 1. The van der Waals surface area contributed by atoms with Gasteiger partial charge in [0.05, 0.1) is 6.54 Å². The van der Waals surface area contributed by atoms with Gasteiger partial charge in [0.15, 0.2) is 0 Å². The second kappa shape index (κ2) is 7.29. The highest BCUT2D eigenvalue weighted by Crippen LogP contribution is 2.18. The zero-order valence-corrected chi connectivity index (χ0v) is 12.3. The van der Waals surface area contributed by atoms with Gasteiger partial charge in [0.25, 0.3) is 0 Å². The van der Waals surface area contributed by atoms with E-state index in [2.05, 4.69) is 17.1 Å². The summed E-state index contributed by atoms with van der Waals surface area (Å²) in [5, 5.41) is 2.94. The Labute approximate surface area is 121 Å². The van der Waals surface area contributed by atoms with Crippen molar-refractivity contribution < 1.29 is 4.79 Å². The average molecular weight is 275 g/mol. The lowest BCUT2D eigenvalue weighted by Crippen LogP contribution is -2.33. The molecule has 4 nitrogen and oxygen atoms in total. The Morgan fingerprint density at radius 2 is 1.95 bits per heavy atom. The van der Waals surface area contributed by atoms with Crippen LogP contribution in [0.2, 0.25) is 0 Å². The number of hydrogen-bond donors (Lipinski definition) is 2. The van der Waals surface area contributed by atoms with Crippen LogP contribution in [0.4, 0.5) is 11.4 Å². The number of carbonyl (C=O) groups excluding carboxylic acids is 1. The minimum absolute atomic E-state index is 0.0514. The molecule has 0 spiro atoms. The number of likely N-dealkylation sites (tertiary alicyclic amines) is 1. The molecule has 1 aromatic rings. The van der Waals surface area contributed by atoms with Crippen LogP contribution in [0.15, 0.2) is 18.2 Å². The maximum atomic E-state index is 12.1. The third-order valence-corrected chi connectivity index (χ3v) is 3.88. The summed E-state index contributed by atoms with van der Waals surface area (Å²) in [4.78, 5) is 14.3. The van der Waals surface area contributed by atoms with Crippen molar-refractivity contribution >= 4 is 17.3 Å². The number of hydrogen-bond acceptors (Lipinski definition) is 3. The van der Waals surface area contributed by atoms with Crippen molar-refractivity contribution in [2.24, 2.45) is 0 Å². The van der Waals surface area contributed by atoms with Crippen molar-refractivity contribution in [3.05, 3.63) is 23.8 Å². The molecule has 4 heteroatoms. The van der Waals surface area contributed by atoms with Gasteiger partial charge < -0.3 is 11.1 Å². The summed E-state index contributed by atoms with van der Waals surface area (Å²) in [6, 6.07) is 5.76. The number of nitrogen functional groups attached to an aromatic ring is 1. The molecule has 0 aromatic heterocycles. The summed E-state index contributed by atoms with van der Waals surface area (Å²) in [5.74, 6) is 0.0514. The SMILES string of the molecule is CCc1ccc(NC(=O)CN2CCCCCC2)cc1N. The van der Waals surface area contributed by atoms with Crippen LogP contribution < -0.4 is 11.1 Å². The molecule has 0 atom stereocenters. The topological polar surface area (TPSA) is 58.4 Å². The maximum Gasteiger partial charge on any atom is 0.238 e. The molecule has 3 N–H and O–H groups in total. The summed E-state index contributed by atoms with van der Waals surface area (Å²) in [5.41, 5.74) is 8.61. The highest BCUT2D eigenvalue weighted by atomic mass is 16.2. The van der Waals surface area contributed by atoms with Gasteiger partial charge in [-0.2, -0.15) is 0 Å². The number of nitrogens with zero attached hydrogens (tertiary/aromatic N) is 1. The Bertz CT molecular complexity index is 451. The maximum absolute atomic E-state index is 12.1. The summed E-state index contributed by atoms with van der Waals surface area (Å²) >= 11 is 0. The monoisotopic (exact) mass is 275 g/mol. The molecule has 0 unspecified atom stereocenters. The van der Waals surface area contributed by atoms with E-state index in [1.807, 2.05) is 18.2 Å². The molecular formula is C16H25N3O. The van der Waals surface area contributed by atoms with E-state index in [1.54, 1.807) is 0 Å². The highest BCUT2D eigenvalue weighted by Gasteiger charge is 2.13. The smallest absolute Gasteiger partial charge is 0.238 e.